The van der Waals surface area contributed by atoms with Gasteiger partial charge in [-0.15, -0.1) is 23.1 Å². The Labute approximate surface area is 264 Å². The molecule has 0 radical (unpaired) electrons. The van der Waals surface area contributed by atoms with E-state index in [1.165, 1.54) is 52.8 Å². The molecule has 2 heteroatoms. The van der Waals surface area contributed by atoms with Crippen molar-refractivity contribution in [3.63, 3.8) is 0 Å². The maximum Gasteiger partial charge on any atom is 0.0404 e. The number of thioether (sulfide) groups is 1. The first-order valence-corrected chi connectivity index (χ1v) is 16.6. The van der Waals surface area contributed by atoms with Gasteiger partial charge in [-0.1, -0.05) is 103 Å². The van der Waals surface area contributed by atoms with Crippen LogP contribution < -0.4 is 10.4 Å². The van der Waals surface area contributed by atoms with Gasteiger partial charge >= 0.3 is 0 Å². The van der Waals surface area contributed by atoms with E-state index < -0.39 is 0 Å². The fraction of sp³-hybridized carbons (Fsp3) is 0.0476. The van der Waals surface area contributed by atoms with Crippen molar-refractivity contribution < 1.29 is 0 Å². The summed E-state index contributed by atoms with van der Waals surface area (Å²) in [7, 11) is 0. The number of benzene rings is 6. The van der Waals surface area contributed by atoms with Gasteiger partial charge in [-0.05, 0) is 96.0 Å². The first kappa shape index (κ1) is 25.5. The highest BCUT2D eigenvalue weighted by atomic mass is 32.2. The van der Waals surface area contributed by atoms with Gasteiger partial charge in [0.25, 0.3) is 0 Å². The van der Waals surface area contributed by atoms with Crippen LogP contribution in [0.3, 0.4) is 0 Å². The van der Waals surface area contributed by atoms with Crippen LogP contribution in [0.4, 0.5) is 0 Å². The standard InChI is InChI=1S/C42H24S2/c1-3-7-31-21-27(9-13-29(31)5-1)11-15-35-37-23-33-17-19-44-42(33)26-40(37)36(38-24-34-18-20-43-41(34)25-39(35)38)16-12-28-10-14-30-6-2-4-8-32(30)22-28/h1-10,13-14,17-26,33,42H. The molecule has 2 heterocycles. The fourth-order valence-electron chi connectivity index (χ4n) is 6.49. The monoisotopic (exact) mass is 592 g/mol. The van der Waals surface area contributed by atoms with Crippen molar-refractivity contribution in [1.29, 1.82) is 0 Å². The maximum absolute atomic E-state index is 3.68. The molecule has 1 aliphatic heterocycles. The molecule has 44 heavy (non-hydrogen) atoms. The number of rotatable bonds is 0. The highest BCUT2D eigenvalue weighted by molar-refractivity contribution is 8.03. The third-order valence-electron chi connectivity index (χ3n) is 8.73. The number of fused-ring (bicyclic) bond motifs is 6. The van der Waals surface area contributed by atoms with E-state index in [2.05, 4.69) is 156 Å². The molecule has 0 amide bonds. The number of hydrogen-bond donors (Lipinski definition) is 0. The zero-order valence-electron chi connectivity index (χ0n) is 23.7. The average molecular weight is 593 g/mol. The fourth-order valence-corrected chi connectivity index (χ4v) is 8.32. The Balaban J connectivity index is 1.32. The van der Waals surface area contributed by atoms with Gasteiger partial charge in [-0.3, -0.25) is 0 Å². The summed E-state index contributed by atoms with van der Waals surface area (Å²) in [6.07, 6.45) is 7.19. The molecule has 0 N–H and O–H groups in total. The molecule has 6 aromatic carbocycles. The van der Waals surface area contributed by atoms with Gasteiger partial charge in [0, 0.05) is 43.5 Å². The largest absolute Gasteiger partial charge is 0.144 e. The minimum atomic E-state index is 0.359. The van der Waals surface area contributed by atoms with Crippen molar-refractivity contribution in [2.75, 3.05) is 0 Å². The molecule has 9 rings (SSSR count). The third kappa shape index (κ3) is 4.35. The Bertz CT molecular complexity index is 2610. The Morgan fingerprint density at radius 3 is 1.82 bits per heavy atom. The molecule has 0 saturated carbocycles. The second-order valence-corrected chi connectivity index (χ2v) is 13.4. The lowest BCUT2D eigenvalue weighted by atomic mass is 9.88. The Morgan fingerprint density at radius 1 is 0.523 bits per heavy atom. The van der Waals surface area contributed by atoms with Gasteiger partial charge in [0.1, 0.15) is 0 Å². The van der Waals surface area contributed by atoms with E-state index in [1.54, 1.807) is 11.3 Å². The molecule has 204 valence electrons. The lowest BCUT2D eigenvalue weighted by Crippen LogP contribution is -2.37. The molecular formula is C42H24S2. The van der Waals surface area contributed by atoms with Crippen molar-refractivity contribution in [2.24, 2.45) is 5.92 Å². The molecular weight excluding hydrogens is 569 g/mol. The molecule has 0 bridgehead atoms. The van der Waals surface area contributed by atoms with E-state index in [1.807, 2.05) is 11.8 Å². The summed E-state index contributed by atoms with van der Waals surface area (Å²) in [5.74, 6) is 14.8. The van der Waals surface area contributed by atoms with Crippen molar-refractivity contribution in [2.45, 2.75) is 5.25 Å². The predicted molar refractivity (Wildman–Crippen MR) is 191 cm³/mol. The predicted octanol–water partition coefficient (Wildman–Crippen LogP) is 8.98. The first-order chi connectivity index (χ1) is 21.8. The summed E-state index contributed by atoms with van der Waals surface area (Å²) in [4.78, 5) is 0. The summed E-state index contributed by atoms with van der Waals surface area (Å²) in [6.45, 7) is 0. The van der Waals surface area contributed by atoms with Crippen LogP contribution in [0.2, 0.25) is 0 Å². The van der Waals surface area contributed by atoms with Gasteiger partial charge < -0.3 is 0 Å². The van der Waals surface area contributed by atoms with E-state index in [0.29, 0.717) is 11.2 Å². The van der Waals surface area contributed by atoms with Crippen molar-refractivity contribution >= 4 is 77.7 Å². The van der Waals surface area contributed by atoms with Gasteiger partial charge in [0.2, 0.25) is 0 Å². The quantitative estimate of drug-likeness (QED) is 0.158. The van der Waals surface area contributed by atoms with Crippen LogP contribution in [-0.4, -0.2) is 5.25 Å². The number of thiophene rings is 1. The van der Waals surface area contributed by atoms with Crippen LogP contribution in [0.1, 0.15) is 22.3 Å². The summed E-state index contributed by atoms with van der Waals surface area (Å²) < 4.78 is 1.27. The number of hydrogen-bond acceptors (Lipinski definition) is 2. The Kier molecular flexibility index (Phi) is 5.98. The molecule has 0 fully saturated rings. The summed E-state index contributed by atoms with van der Waals surface area (Å²) in [6, 6.07) is 36.8. The lowest BCUT2D eigenvalue weighted by Gasteiger charge is -2.18. The highest BCUT2D eigenvalue weighted by Gasteiger charge is 2.24. The van der Waals surface area contributed by atoms with Gasteiger partial charge in [-0.2, -0.15) is 0 Å². The molecule has 2 unspecified atom stereocenters. The zero-order valence-corrected chi connectivity index (χ0v) is 25.3. The maximum atomic E-state index is 3.68. The van der Waals surface area contributed by atoms with Crippen molar-refractivity contribution in [3.8, 4) is 23.7 Å². The molecule has 2 aliphatic rings. The minimum absolute atomic E-state index is 0.359. The SMILES string of the molecule is C(#Cc1c2c(c(C#Cc3ccc4ccccc4c3)c3cc4sccc4cc13)=CC1C=CSC1C=2)c1ccc2ccccc2c1. The third-order valence-corrected chi connectivity index (χ3v) is 10.7. The molecule has 0 saturated heterocycles. The van der Waals surface area contributed by atoms with Crippen LogP contribution in [0.15, 0.2) is 120 Å². The zero-order chi connectivity index (χ0) is 29.0. The molecule has 0 nitrogen and oxygen atoms in total. The van der Waals surface area contributed by atoms with Gasteiger partial charge in [0.05, 0.1) is 0 Å². The smallest absolute Gasteiger partial charge is 0.0404 e. The first-order valence-electron chi connectivity index (χ1n) is 14.8. The number of allylic oxidation sites excluding steroid dienone is 1. The molecule has 1 aromatic heterocycles. The lowest BCUT2D eigenvalue weighted by molar-refractivity contribution is 0.928. The normalized spacial score (nSPS) is 16.5. The summed E-state index contributed by atoms with van der Waals surface area (Å²) in [5.41, 5.74) is 4.23. The molecule has 2 atom stereocenters. The van der Waals surface area contributed by atoms with Crippen LogP contribution >= 0.6 is 23.1 Å². The Morgan fingerprint density at radius 2 is 1.14 bits per heavy atom. The van der Waals surface area contributed by atoms with Crippen LogP contribution in [0, 0.1) is 29.6 Å². The van der Waals surface area contributed by atoms with E-state index in [9.17, 15) is 0 Å². The van der Waals surface area contributed by atoms with Crippen molar-refractivity contribution in [3.05, 3.63) is 153 Å². The average Bonchev–Trinajstić information content (AvgIpc) is 3.73. The van der Waals surface area contributed by atoms with Crippen LogP contribution in [0.5, 0.6) is 0 Å². The summed E-state index contributed by atoms with van der Waals surface area (Å²) >= 11 is 3.67. The topological polar surface area (TPSA) is 0 Å². The van der Waals surface area contributed by atoms with Gasteiger partial charge in [0.15, 0.2) is 0 Å². The summed E-state index contributed by atoms with van der Waals surface area (Å²) in [5, 5.41) is 15.7. The van der Waals surface area contributed by atoms with E-state index >= 15 is 0 Å². The minimum Gasteiger partial charge on any atom is -0.144 e. The van der Waals surface area contributed by atoms with E-state index in [-0.39, 0.29) is 0 Å². The van der Waals surface area contributed by atoms with Crippen LogP contribution in [0.25, 0.3) is 54.6 Å². The highest BCUT2D eigenvalue weighted by Crippen LogP contribution is 2.34. The van der Waals surface area contributed by atoms with Gasteiger partial charge in [-0.25, -0.2) is 0 Å². The molecule has 1 aliphatic carbocycles. The molecule has 7 aromatic rings. The Hall–Kier alpha value is -4.99. The second-order valence-electron chi connectivity index (χ2n) is 11.4. The van der Waals surface area contributed by atoms with Crippen molar-refractivity contribution in [1.82, 2.24) is 0 Å². The van der Waals surface area contributed by atoms with E-state index in [0.717, 1.165) is 22.3 Å². The molecule has 0 spiro atoms. The van der Waals surface area contributed by atoms with Crippen LogP contribution in [-0.2, 0) is 0 Å². The van der Waals surface area contributed by atoms with E-state index in [4.69, 9.17) is 0 Å². The second kappa shape index (κ2) is 10.3.